The smallest absolute Gasteiger partial charge is 0.237 e. The first kappa shape index (κ1) is 20.9. The predicted octanol–water partition coefficient (Wildman–Crippen LogP) is 2.84. The number of halogens is 1. The number of benzene rings is 1. The van der Waals surface area contributed by atoms with Gasteiger partial charge in [0.15, 0.2) is 5.78 Å². The van der Waals surface area contributed by atoms with Crippen molar-refractivity contribution in [3.63, 3.8) is 0 Å². The molecule has 1 saturated carbocycles. The van der Waals surface area contributed by atoms with Gasteiger partial charge in [0.05, 0.1) is 13.2 Å². The first-order valence-corrected chi connectivity index (χ1v) is 9.73. The first-order chi connectivity index (χ1) is 12.5. The van der Waals surface area contributed by atoms with E-state index in [0.29, 0.717) is 30.0 Å². The number of hydrogen-bond acceptors (Lipinski definition) is 4. The van der Waals surface area contributed by atoms with Gasteiger partial charge in [-0.3, -0.25) is 14.5 Å². The van der Waals surface area contributed by atoms with Crippen LogP contribution in [0, 0.1) is 0 Å². The average Bonchev–Trinajstić information content (AvgIpc) is 2.63. The number of hydrogen-bond donors (Lipinski definition) is 1. The monoisotopic (exact) mass is 380 g/mol. The van der Waals surface area contributed by atoms with Crippen molar-refractivity contribution in [3.05, 3.63) is 34.9 Å². The third-order valence-electron chi connectivity index (χ3n) is 5.23. The van der Waals surface area contributed by atoms with Gasteiger partial charge in [0.25, 0.3) is 0 Å². The molecule has 1 fully saturated rings. The Morgan fingerprint density at radius 3 is 2.62 bits per heavy atom. The highest BCUT2D eigenvalue weighted by atomic mass is 35.5. The Morgan fingerprint density at radius 1 is 1.27 bits per heavy atom. The Kier molecular flexibility index (Phi) is 7.62. The Labute approximate surface area is 160 Å². The van der Waals surface area contributed by atoms with E-state index in [0.717, 1.165) is 25.8 Å². The third-order valence-corrected chi connectivity index (χ3v) is 5.56. The topological polar surface area (TPSA) is 60.9 Å². The Hall–Kier alpha value is -1.43. The number of aliphatic hydroxyl groups is 1. The minimum absolute atomic E-state index is 0.00554. The summed E-state index contributed by atoms with van der Waals surface area (Å²) in [5.74, 6) is -0.0704. The maximum atomic E-state index is 13.0. The molecule has 1 aliphatic rings. The number of amides is 1. The molecule has 1 atom stereocenters. The zero-order valence-corrected chi connectivity index (χ0v) is 16.5. The molecule has 1 aromatic rings. The van der Waals surface area contributed by atoms with Crippen LogP contribution in [-0.4, -0.2) is 59.9 Å². The van der Waals surface area contributed by atoms with E-state index in [2.05, 4.69) is 0 Å². The van der Waals surface area contributed by atoms with Crippen LogP contribution < -0.4 is 0 Å². The van der Waals surface area contributed by atoms with Crippen molar-refractivity contribution >= 4 is 23.3 Å². The second-order valence-electron chi connectivity index (χ2n) is 6.92. The lowest BCUT2D eigenvalue weighted by molar-refractivity contribution is -0.148. The largest absolute Gasteiger partial charge is 0.395 e. The molecule has 0 aromatic heterocycles. The molecule has 0 heterocycles. The molecule has 5 nitrogen and oxygen atoms in total. The van der Waals surface area contributed by atoms with Gasteiger partial charge in [0.1, 0.15) is 5.54 Å². The van der Waals surface area contributed by atoms with Crippen LogP contribution in [0.25, 0.3) is 0 Å². The second kappa shape index (κ2) is 9.49. The van der Waals surface area contributed by atoms with Crippen LogP contribution in [0.15, 0.2) is 24.3 Å². The van der Waals surface area contributed by atoms with Gasteiger partial charge in [0, 0.05) is 30.6 Å². The summed E-state index contributed by atoms with van der Waals surface area (Å²) >= 11 is 6.43. The molecule has 144 valence electrons. The minimum Gasteiger partial charge on any atom is -0.395 e. The van der Waals surface area contributed by atoms with Gasteiger partial charge < -0.3 is 10.0 Å². The molecule has 2 rings (SSSR count). The molecular weight excluding hydrogens is 352 g/mol. The van der Waals surface area contributed by atoms with E-state index < -0.39 is 5.54 Å². The van der Waals surface area contributed by atoms with Gasteiger partial charge in [-0.1, -0.05) is 36.7 Å². The van der Waals surface area contributed by atoms with Crippen LogP contribution in [0.2, 0.25) is 5.02 Å². The Morgan fingerprint density at radius 2 is 2.00 bits per heavy atom. The lowest BCUT2D eigenvalue weighted by atomic mass is 9.74. The van der Waals surface area contributed by atoms with Crippen LogP contribution in [0.3, 0.4) is 0 Å². The number of Topliss-reactive ketones (excluding diaryl/α,β-unsaturated/α-hetero) is 1. The van der Waals surface area contributed by atoms with Crippen molar-refractivity contribution in [2.45, 2.75) is 44.6 Å². The van der Waals surface area contributed by atoms with Gasteiger partial charge in [-0.05, 0) is 38.3 Å². The van der Waals surface area contributed by atoms with E-state index >= 15 is 0 Å². The molecule has 0 aliphatic heterocycles. The molecule has 0 saturated heterocycles. The van der Waals surface area contributed by atoms with Crippen LogP contribution in [0.5, 0.6) is 0 Å². The number of ketones is 1. The summed E-state index contributed by atoms with van der Waals surface area (Å²) in [6, 6.07) is 7.32. The first-order valence-electron chi connectivity index (χ1n) is 9.35. The van der Waals surface area contributed by atoms with E-state index in [1.54, 1.807) is 18.0 Å². The van der Waals surface area contributed by atoms with Crippen LogP contribution in [0.1, 0.15) is 44.6 Å². The fourth-order valence-electron chi connectivity index (χ4n) is 3.87. The predicted molar refractivity (Wildman–Crippen MR) is 103 cm³/mol. The highest BCUT2D eigenvalue weighted by Crippen LogP contribution is 2.42. The quantitative estimate of drug-likeness (QED) is 0.753. The standard InChI is InChI=1S/C20H29ClN2O3/c1-3-12-23(13-14-24)15-19(26)22(2)20(11-7-6-10-18(20)25)16-8-4-5-9-17(16)21/h4-5,8-9,24H,3,6-7,10-15H2,1-2H3. The molecule has 26 heavy (non-hydrogen) atoms. The van der Waals surface area contributed by atoms with Crippen LogP contribution >= 0.6 is 11.6 Å². The molecular formula is C20H29ClN2O3. The van der Waals surface area contributed by atoms with Crippen molar-refractivity contribution in [2.24, 2.45) is 0 Å². The second-order valence-corrected chi connectivity index (χ2v) is 7.33. The molecule has 1 N–H and O–H groups in total. The van der Waals surface area contributed by atoms with Crippen molar-refractivity contribution in [1.82, 2.24) is 9.80 Å². The number of aliphatic hydroxyl groups excluding tert-OH is 1. The molecule has 0 radical (unpaired) electrons. The molecule has 0 bridgehead atoms. The number of nitrogens with zero attached hydrogens (tertiary/aromatic N) is 2. The molecule has 1 amide bonds. The van der Waals surface area contributed by atoms with Crippen molar-refractivity contribution in [1.29, 1.82) is 0 Å². The number of rotatable bonds is 8. The molecule has 0 spiro atoms. The molecule has 1 aliphatic carbocycles. The maximum Gasteiger partial charge on any atom is 0.237 e. The summed E-state index contributed by atoms with van der Waals surface area (Å²) in [7, 11) is 1.71. The lowest BCUT2D eigenvalue weighted by Crippen LogP contribution is -2.56. The average molecular weight is 381 g/mol. The van der Waals surface area contributed by atoms with E-state index in [9.17, 15) is 14.7 Å². The minimum atomic E-state index is -0.995. The van der Waals surface area contributed by atoms with Gasteiger partial charge in [0.2, 0.25) is 5.91 Å². The normalized spacial score (nSPS) is 20.4. The molecule has 6 heteroatoms. The van der Waals surface area contributed by atoms with Crippen LogP contribution in [-0.2, 0) is 15.1 Å². The van der Waals surface area contributed by atoms with Gasteiger partial charge >= 0.3 is 0 Å². The lowest BCUT2D eigenvalue weighted by Gasteiger charge is -2.44. The third kappa shape index (κ3) is 4.27. The summed E-state index contributed by atoms with van der Waals surface area (Å²) in [5, 5.41) is 9.75. The maximum absolute atomic E-state index is 13.0. The summed E-state index contributed by atoms with van der Waals surface area (Å²) in [4.78, 5) is 29.6. The number of likely N-dealkylation sites (N-methyl/N-ethyl adjacent to an activating group) is 1. The molecule has 1 aromatic carbocycles. The van der Waals surface area contributed by atoms with E-state index in [1.165, 1.54) is 0 Å². The summed E-state index contributed by atoms with van der Waals surface area (Å²) < 4.78 is 0. The van der Waals surface area contributed by atoms with E-state index in [-0.39, 0.29) is 24.8 Å². The van der Waals surface area contributed by atoms with Crippen molar-refractivity contribution in [2.75, 3.05) is 33.3 Å². The Balaban J connectivity index is 2.35. The summed E-state index contributed by atoms with van der Waals surface area (Å²) in [6.07, 6.45) is 3.67. The van der Waals surface area contributed by atoms with Gasteiger partial charge in [-0.2, -0.15) is 0 Å². The van der Waals surface area contributed by atoms with E-state index in [4.69, 9.17) is 11.6 Å². The highest BCUT2D eigenvalue weighted by Gasteiger charge is 2.47. The van der Waals surface area contributed by atoms with Crippen LogP contribution in [0.4, 0.5) is 0 Å². The fourth-order valence-corrected chi connectivity index (χ4v) is 4.16. The molecule has 1 unspecified atom stereocenters. The SMILES string of the molecule is CCCN(CCO)CC(=O)N(C)C1(c2ccccc2Cl)CCCCC1=O. The van der Waals surface area contributed by atoms with Crippen molar-refractivity contribution < 1.29 is 14.7 Å². The summed E-state index contributed by atoms with van der Waals surface area (Å²) in [5.41, 5.74) is -0.281. The summed E-state index contributed by atoms with van der Waals surface area (Å²) in [6.45, 7) is 3.40. The number of carbonyl (C=O) groups excluding carboxylic acids is 2. The van der Waals surface area contributed by atoms with Gasteiger partial charge in [-0.25, -0.2) is 0 Å². The van der Waals surface area contributed by atoms with Gasteiger partial charge in [-0.15, -0.1) is 0 Å². The Bertz CT molecular complexity index is 631. The fraction of sp³-hybridized carbons (Fsp3) is 0.600. The van der Waals surface area contributed by atoms with E-state index in [1.807, 2.05) is 30.0 Å². The zero-order valence-electron chi connectivity index (χ0n) is 15.7. The highest BCUT2D eigenvalue weighted by molar-refractivity contribution is 6.31. The zero-order chi connectivity index (χ0) is 19.2. The number of carbonyl (C=O) groups is 2. The van der Waals surface area contributed by atoms with Crippen molar-refractivity contribution in [3.8, 4) is 0 Å².